The maximum atomic E-state index is 13.1. The van der Waals surface area contributed by atoms with Gasteiger partial charge in [-0.3, -0.25) is 4.79 Å². The highest BCUT2D eigenvalue weighted by Crippen LogP contribution is 2.20. The van der Waals surface area contributed by atoms with E-state index in [1.807, 2.05) is 30.0 Å². The summed E-state index contributed by atoms with van der Waals surface area (Å²) in [5.41, 5.74) is 2.74. The number of aryl methyl sites for hydroxylation is 1. The zero-order chi connectivity index (χ0) is 17.1. The van der Waals surface area contributed by atoms with Crippen molar-refractivity contribution in [2.45, 2.75) is 13.3 Å². The normalized spacial score (nSPS) is 15.3. The molecule has 2 aromatic rings. The van der Waals surface area contributed by atoms with Gasteiger partial charge in [0.25, 0.3) is 5.91 Å². The molecule has 1 fully saturated rings. The van der Waals surface area contributed by atoms with Gasteiger partial charge in [0.1, 0.15) is 5.82 Å². The van der Waals surface area contributed by atoms with Gasteiger partial charge in [-0.15, -0.1) is 0 Å². The molecule has 0 aliphatic carbocycles. The Morgan fingerprint density at radius 1 is 1.04 bits per heavy atom. The number of hydrogen-bond acceptors (Lipinski definition) is 2. The average molecular weight is 391 g/mol. The molecule has 0 spiro atoms. The van der Waals surface area contributed by atoms with Crippen LogP contribution >= 0.6 is 15.9 Å². The highest BCUT2D eigenvalue weighted by Gasteiger charge is 2.21. The van der Waals surface area contributed by atoms with E-state index in [1.54, 1.807) is 12.1 Å². The molecule has 0 N–H and O–H groups in total. The van der Waals surface area contributed by atoms with E-state index >= 15 is 0 Å². The van der Waals surface area contributed by atoms with Crippen LogP contribution in [0.15, 0.2) is 46.9 Å². The van der Waals surface area contributed by atoms with E-state index in [9.17, 15) is 9.18 Å². The van der Waals surface area contributed by atoms with Gasteiger partial charge in [-0.25, -0.2) is 4.39 Å². The van der Waals surface area contributed by atoms with Gasteiger partial charge in [0, 0.05) is 41.9 Å². The van der Waals surface area contributed by atoms with Gasteiger partial charge < -0.3 is 9.80 Å². The molecule has 1 aliphatic rings. The molecule has 0 bridgehead atoms. The summed E-state index contributed by atoms with van der Waals surface area (Å²) < 4.78 is 14.1. The molecular formula is C19H20BrFN2O. The lowest BCUT2D eigenvalue weighted by Crippen LogP contribution is -2.35. The Kier molecular flexibility index (Phi) is 5.19. The zero-order valence-corrected chi connectivity index (χ0v) is 15.2. The highest BCUT2D eigenvalue weighted by molar-refractivity contribution is 9.10. The Labute approximate surface area is 150 Å². The molecule has 1 heterocycles. The van der Waals surface area contributed by atoms with E-state index in [0.717, 1.165) is 47.3 Å². The number of carbonyl (C=O) groups is 1. The molecule has 1 saturated heterocycles. The van der Waals surface area contributed by atoms with Crippen molar-refractivity contribution in [3.8, 4) is 0 Å². The number of nitrogens with zero attached hydrogens (tertiary/aromatic N) is 2. The van der Waals surface area contributed by atoms with Crippen LogP contribution in [0.5, 0.6) is 0 Å². The fourth-order valence-corrected chi connectivity index (χ4v) is 3.54. The number of anilines is 1. The summed E-state index contributed by atoms with van der Waals surface area (Å²) in [5.74, 6) is -0.142. The lowest BCUT2D eigenvalue weighted by Gasteiger charge is -2.24. The van der Waals surface area contributed by atoms with Crippen LogP contribution in [0.2, 0.25) is 0 Å². The summed E-state index contributed by atoms with van der Waals surface area (Å²) in [4.78, 5) is 16.9. The first-order chi connectivity index (χ1) is 11.5. The van der Waals surface area contributed by atoms with E-state index in [4.69, 9.17) is 0 Å². The number of amides is 1. The second-order valence-electron chi connectivity index (χ2n) is 6.07. The summed E-state index contributed by atoms with van der Waals surface area (Å²) in [7, 11) is 0. The quantitative estimate of drug-likeness (QED) is 0.764. The molecule has 0 unspecified atom stereocenters. The maximum Gasteiger partial charge on any atom is 0.254 e. The lowest BCUT2D eigenvalue weighted by molar-refractivity contribution is 0.0766. The van der Waals surface area contributed by atoms with Crippen molar-refractivity contribution in [1.82, 2.24) is 4.90 Å². The van der Waals surface area contributed by atoms with E-state index in [2.05, 4.69) is 20.8 Å². The molecule has 3 nitrogen and oxygen atoms in total. The van der Waals surface area contributed by atoms with Crippen LogP contribution in [0, 0.1) is 12.7 Å². The van der Waals surface area contributed by atoms with Crippen molar-refractivity contribution in [2.75, 3.05) is 31.1 Å². The summed E-state index contributed by atoms with van der Waals surface area (Å²) in [6, 6.07) is 12.3. The number of benzene rings is 2. The van der Waals surface area contributed by atoms with Crippen LogP contribution in [0.4, 0.5) is 10.1 Å². The molecule has 0 radical (unpaired) electrons. The zero-order valence-electron chi connectivity index (χ0n) is 13.6. The minimum atomic E-state index is -0.226. The summed E-state index contributed by atoms with van der Waals surface area (Å²) in [6.45, 7) is 5.00. The van der Waals surface area contributed by atoms with Crippen LogP contribution < -0.4 is 4.90 Å². The maximum absolute atomic E-state index is 13.1. The minimum absolute atomic E-state index is 0.0842. The van der Waals surface area contributed by atoms with Gasteiger partial charge in [0.15, 0.2) is 0 Å². The molecule has 0 atom stereocenters. The Hall–Kier alpha value is -1.88. The highest BCUT2D eigenvalue weighted by atomic mass is 79.9. The number of rotatable bonds is 2. The summed E-state index contributed by atoms with van der Waals surface area (Å²) >= 11 is 3.43. The monoisotopic (exact) mass is 390 g/mol. The van der Waals surface area contributed by atoms with Crippen molar-refractivity contribution < 1.29 is 9.18 Å². The second-order valence-corrected chi connectivity index (χ2v) is 6.98. The molecule has 1 aliphatic heterocycles. The Morgan fingerprint density at radius 3 is 2.50 bits per heavy atom. The van der Waals surface area contributed by atoms with Gasteiger partial charge in [0.05, 0.1) is 0 Å². The van der Waals surface area contributed by atoms with Crippen molar-refractivity contribution in [2.24, 2.45) is 0 Å². The fraction of sp³-hybridized carbons (Fsp3) is 0.316. The van der Waals surface area contributed by atoms with Gasteiger partial charge in [-0.1, -0.05) is 15.9 Å². The van der Waals surface area contributed by atoms with Crippen LogP contribution in [-0.2, 0) is 0 Å². The third kappa shape index (κ3) is 3.78. The molecule has 5 heteroatoms. The Bertz CT molecular complexity index is 733. The first-order valence-corrected chi connectivity index (χ1v) is 8.90. The smallest absolute Gasteiger partial charge is 0.254 e. The number of halogens is 2. The molecule has 24 heavy (non-hydrogen) atoms. The topological polar surface area (TPSA) is 23.6 Å². The largest absolute Gasteiger partial charge is 0.370 e. The van der Waals surface area contributed by atoms with Crippen molar-refractivity contribution in [3.63, 3.8) is 0 Å². The molecule has 0 saturated carbocycles. The molecule has 2 aromatic carbocycles. The predicted octanol–water partition coefficient (Wildman–Crippen LogP) is 4.25. The first kappa shape index (κ1) is 17.0. The molecule has 3 rings (SSSR count). The Morgan fingerprint density at radius 2 is 1.79 bits per heavy atom. The van der Waals surface area contributed by atoms with E-state index in [-0.39, 0.29) is 11.7 Å². The number of hydrogen-bond donors (Lipinski definition) is 0. The van der Waals surface area contributed by atoms with Gasteiger partial charge >= 0.3 is 0 Å². The molecule has 0 aromatic heterocycles. The fourth-order valence-electron chi connectivity index (χ4n) is 3.07. The third-order valence-electron chi connectivity index (χ3n) is 4.39. The second kappa shape index (κ2) is 7.34. The van der Waals surface area contributed by atoms with Crippen LogP contribution in [-0.4, -0.2) is 37.0 Å². The predicted molar refractivity (Wildman–Crippen MR) is 98.0 cm³/mol. The lowest BCUT2D eigenvalue weighted by atomic mass is 10.1. The summed E-state index contributed by atoms with van der Waals surface area (Å²) in [5, 5.41) is 0. The van der Waals surface area contributed by atoms with E-state index in [0.29, 0.717) is 6.54 Å². The van der Waals surface area contributed by atoms with Crippen LogP contribution in [0.1, 0.15) is 22.3 Å². The standard InChI is InChI=1S/C19H20BrFN2O/c1-14-13-15(20)3-8-18(14)19(24)23-10-2-9-22(11-12-23)17-6-4-16(21)5-7-17/h3-8,13H,2,9-12H2,1H3. The SMILES string of the molecule is Cc1cc(Br)ccc1C(=O)N1CCCN(c2ccc(F)cc2)CC1. The van der Waals surface area contributed by atoms with Crippen molar-refractivity contribution >= 4 is 27.5 Å². The summed E-state index contributed by atoms with van der Waals surface area (Å²) in [6.07, 6.45) is 0.901. The van der Waals surface area contributed by atoms with Gasteiger partial charge in [-0.2, -0.15) is 0 Å². The number of carbonyl (C=O) groups excluding carboxylic acids is 1. The Balaban J connectivity index is 1.71. The molecule has 1 amide bonds. The van der Waals surface area contributed by atoms with Crippen LogP contribution in [0.3, 0.4) is 0 Å². The molecular weight excluding hydrogens is 371 g/mol. The van der Waals surface area contributed by atoms with Crippen molar-refractivity contribution in [1.29, 1.82) is 0 Å². The van der Waals surface area contributed by atoms with E-state index in [1.165, 1.54) is 12.1 Å². The van der Waals surface area contributed by atoms with E-state index < -0.39 is 0 Å². The van der Waals surface area contributed by atoms with Crippen molar-refractivity contribution in [3.05, 3.63) is 63.9 Å². The average Bonchev–Trinajstić information content (AvgIpc) is 2.81. The van der Waals surface area contributed by atoms with Gasteiger partial charge in [0.2, 0.25) is 0 Å². The third-order valence-corrected chi connectivity index (χ3v) is 4.89. The first-order valence-electron chi connectivity index (χ1n) is 8.10. The minimum Gasteiger partial charge on any atom is -0.370 e. The van der Waals surface area contributed by atoms with Crippen LogP contribution in [0.25, 0.3) is 0 Å². The molecule has 126 valence electrons. The van der Waals surface area contributed by atoms with Gasteiger partial charge in [-0.05, 0) is 61.4 Å².